The zero-order chi connectivity index (χ0) is 30.9. The van der Waals surface area contributed by atoms with Crippen LogP contribution in [0.25, 0.3) is 16.6 Å². The lowest BCUT2D eigenvalue weighted by Crippen LogP contribution is -2.42. The molecule has 4 N–H and O–H groups in total. The zero-order valence-corrected chi connectivity index (χ0v) is 23.0. The summed E-state index contributed by atoms with van der Waals surface area (Å²) >= 11 is 0. The first kappa shape index (κ1) is 28.9. The zero-order valence-electron chi connectivity index (χ0n) is 22.2. The summed E-state index contributed by atoms with van der Waals surface area (Å²) in [6.45, 7) is 0. The molecule has 0 aliphatic carbocycles. The van der Waals surface area contributed by atoms with Gasteiger partial charge in [-0.2, -0.15) is 8.42 Å². The predicted octanol–water partition coefficient (Wildman–Crippen LogP) is 1.17. The minimum absolute atomic E-state index is 0.137. The number of hydrogen-bond donors (Lipinski definition) is 4. The molecule has 0 saturated heterocycles. The summed E-state index contributed by atoms with van der Waals surface area (Å²) in [4.78, 5) is 61.1. The number of halogens is 1. The van der Waals surface area contributed by atoms with Gasteiger partial charge in [0.2, 0.25) is 0 Å². The van der Waals surface area contributed by atoms with Crippen molar-refractivity contribution in [3.05, 3.63) is 111 Å². The van der Waals surface area contributed by atoms with Gasteiger partial charge in [0.1, 0.15) is 11.9 Å². The van der Waals surface area contributed by atoms with Crippen molar-refractivity contribution in [3.63, 3.8) is 0 Å². The number of amides is 1. The van der Waals surface area contributed by atoms with E-state index in [4.69, 9.17) is 0 Å². The van der Waals surface area contributed by atoms with Crippen molar-refractivity contribution < 1.29 is 27.5 Å². The van der Waals surface area contributed by atoms with E-state index in [1.54, 1.807) is 0 Å². The highest BCUT2D eigenvalue weighted by atomic mass is 32.2. The average molecular weight is 608 g/mol. The van der Waals surface area contributed by atoms with Crippen LogP contribution in [0.3, 0.4) is 0 Å². The number of hydrogen-bond acceptors (Lipinski definition) is 8. The number of aryl methyl sites for hydroxylation is 1. The van der Waals surface area contributed by atoms with Gasteiger partial charge in [0.05, 0.1) is 40.2 Å². The summed E-state index contributed by atoms with van der Waals surface area (Å²) in [5, 5.41) is 12.0. The Morgan fingerprint density at radius 2 is 1.91 bits per heavy atom. The number of nitrogens with one attached hydrogen (secondary N) is 3. The molecule has 220 valence electrons. The molecule has 43 heavy (non-hydrogen) atoms. The molecule has 0 bridgehead atoms. The van der Waals surface area contributed by atoms with E-state index in [2.05, 4.69) is 25.0 Å². The third-order valence-electron chi connectivity index (χ3n) is 6.48. The van der Waals surface area contributed by atoms with Crippen LogP contribution in [0.4, 0.5) is 10.1 Å². The second kappa shape index (κ2) is 11.3. The van der Waals surface area contributed by atoms with Crippen molar-refractivity contribution in [2.24, 2.45) is 7.05 Å². The number of pyridine rings is 2. The van der Waals surface area contributed by atoms with E-state index in [1.165, 1.54) is 66.7 Å². The van der Waals surface area contributed by atoms with E-state index < -0.39 is 50.6 Å². The molecule has 0 radical (unpaired) electrons. The largest absolute Gasteiger partial charge is 0.480 e. The first-order valence-corrected chi connectivity index (χ1v) is 13.9. The number of aromatic amines is 1. The summed E-state index contributed by atoms with van der Waals surface area (Å²) in [7, 11) is -2.53. The molecule has 0 unspecified atom stereocenters. The van der Waals surface area contributed by atoms with E-state index in [1.807, 2.05) is 0 Å². The van der Waals surface area contributed by atoms with Crippen LogP contribution in [0.5, 0.6) is 0 Å². The Balaban J connectivity index is 1.32. The molecule has 1 amide bonds. The standard InChI is InChI=1S/C27H22FN7O7S/c1-34-22-14-29-10-8-19(22)25(37)35(27(34)40)17-6-4-15(31-13-17)12-21(26(38)39)32-24(36)18-7-5-16(11-20(18)28)33-43(41,42)23-3-2-9-30-23/h2-11,13-14,21,30,33H,12H2,1H3,(H,32,36)(H,38,39)/t21-/m0/s1. The van der Waals surface area contributed by atoms with Crippen LogP contribution in [0, 0.1) is 5.82 Å². The Morgan fingerprint density at radius 1 is 1.12 bits per heavy atom. The third-order valence-corrected chi connectivity index (χ3v) is 7.82. The van der Waals surface area contributed by atoms with Crippen LogP contribution < -0.4 is 21.3 Å². The van der Waals surface area contributed by atoms with Crippen LogP contribution in [-0.4, -0.2) is 55.5 Å². The summed E-state index contributed by atoms with van der Waals surface area (Å²) in [6, 6.07) is 8.49. The minimum Gasteiger partial charge on any atom is -0.480 e. The number of aromatic nitrogens is 5. The number of anilines is 1. The fourth-order valence-corrected chi connectivity index (χ4v) is 5.32. The number of carboxylic acid groups (broad SMARTS) is 1. The van der Waals surface area contributed by atoms with Gasteiger partial charge in [-0.1, -0.05) is 0 Å². The van der Waals surface area contributed by atoms with Crippen molar-refractivity contribution in [1.29, 1.82) is 0 Å². The molecule has 0 saturated carbocycles. The van der Waals surface area contributed by atoms with Gasteiger partial charge >= 0.3 is 11.7 Å². The molecule has 1 aromatic carbocycles. The van der Waals surface area contributed by atoms with E-state index in [9.17, 15) is 37.1 Å². The highest BCUT2D eigenvalue weighted by molar-refractivity contribution is 7.92. The van der Waals surface area contributed by atoms with Gasteiger partial charge in [-0.05, 0) is 48.5 Å². The SMILES string of the molecule is Cn1c(=O)n(-c2ccc(C[C@H](NC(=O)c3ccc(NS(=O)(=O)c4ccc[nH]4)cc3F)C(=O)O)nc2)c(=O)c2ccncc21. The fraction of sp³-hybridized carbons (Fsp3) is 0.111. The molecule has 4 heterocycles. The van der Waals surface area contributed by atoms with Crippen LogP contribution >= 0.6 is 0 Å². The number of fused-ring (bicyclic) bond motifs is 1. The van der Waals surface area contributed by atoms with Crippen molar-refractivity contribution in [2.75, 3.05) is 4.72 Å². The highest BCUT2D eigenvalue weighted by Gasteiger charge is 2.24. The highest BCUT2D eigenvalue weighted by Crippen LogP contribution is 2.19. The van der Waals surface area contributed by atoms with Gasteiger partial charge in [-0.3, -0.25) is 28.8 Å². The summed E-state index contributed by atoms with van der Waals surface area (Å²) < 4.78 is 43.8. The number of benzene rings is 1. The lowest BCUT2D eigenvalue weighted by atomic mass is 10.1. The molecule has 16 heteroatoms. The number of carboxylic acids is 1. The smallest absolute Gasteiger partial charge is 0.335 e. The first-order valence-electron chi connectivity index (χ1n) is 12.5. The molecule has 0 aliphatic rings. The Morgan fingerprint density at radius 3 is 2.56 bits per heavy atom. The Bertz CT molecular complexity index is 2090. The number of rotatable bonds is 9. The molecule has 1 atom stereocenters. The summed E-state index contributed by atoms with van der Waals surface area (Å²) in [6.07, 6.45) is 5.13. The molecule has 0 fully saturated rings. The number of carbonyl (C=O) groups excluding carboxylic acids is 1. The Labute approximate surface area is 241 Å². The minimum atomic E-state index is -4.02. The number of aliphatic carboxylic acids is 1. The Hall–Kier alpha value is -5.64. The quantitative estimate of drug-likeness (QED) is 0.190. The predicted molar refractivity (Wildman–Crippen MR) is 151 cm³/mol. The van der Waals surface area contributed by atoms with Crippen molar-refractivity contribution in [3.8, 4) is 5.69 Å². The van der Waals surface area contributed by atoms with Gasteiger partial charge in [-0.25, -0.2) is 18.5 Å². The maximum atomic E-state index is 14.8. The second-order valence-electron chi connectivity index (χ2n) is 9.29. The lowest BCUT2D eigenvalue weighted by Gasteiger charge is -2.15. The lowest BCUT2D eigenvalue weighted by molar-refractivity contribution is -0.139. The van der Waals surface area contributed by atoms with E-state index >= 15 is 0 Å². The molecular formula is C27H22FN7O7S. The molecule has 0 aliphatic heterocycles. The summed E-state index contributed by atoms with van der Waals surface area (Å²) in [5.41, 5.74) is -1.21. The van der Waals surface area contributed by atoms with Gasteiger partial charge in [0.25, 0.3) is 21.5 Å². The number of H-pyrrole nitrogens is 1. The maximum Gasteiger partial charge on any atom is 0.335 e. The molecule has 5 rings (SSSR count). The van der Waals surface area contributed by atoms with Gasteiger partial charge in [0.15, 0.2) is 5.03 Å². The molecule has 4 aromatic heterocycles. The van der Waals surface area contributed by atoms with Crippen molar-refractivity contribution >= 4 is 38.5 Å². The first-order chi connectivity index (χ1) is 20.5. The van der Waals surface area contributed by atoms with E-state index in [0.717, 1.165) is 22.8 Å². The normalized spacial score (nSPS) is 12.1. The number of carbonyl (C=O) groups is 2. The molecule has 5 aromatic rings. The van der Waals surface area contributed by atoms with Gasteiger partial charge in [-0.15, -0.1) is 0 Å². The number of nitrogens with zero attached hydrogens (tertiary/aromatic N) is 4. The fourth-order valence-electron chi connectivity index (χ4n) is 4.29. The second-order valence-corrected chi connectivity index (χ2v) is 10.9. The maximum absolute atomic E-state index is 14.8. The molecule has 14 nitrogen and oxygen atoms in total. The van der Waals surface area contributed by atoms with Crippen LogP contribution in [0.15, 0.2) is 87.9 Å². The Kier molecular flexibility index (Phi) is 7.60. The van der Waals surface area contributed by atoms with Crippen molar-refractivity contribution in [2.45, 2.75) is 17.5 Å². The monoisotopic (exact) mass is 607 g/mol. The van der Waals surface area contributed by atoms with E-state index in [0.29, 0.717) is 5.52 Å². The number of sulfonamides is 1. The molecular weight excluding hydrogens is 585 g/mol. The molecule has 0 spiro atoms. The van der Waals surface area contributed by atoms with Crippen LogP contribution in [-0.2, 0) is 28.3 Å². The average Bonchev–Trinajstić information content (AvgIpc) is 3.53. The van der Waals surface area contributed by atoms with E-state index in [-0.39, 0.29) is 33.9 Å². The van der Waals surface area contributed by atoms with Crippen molar-refractivity contribution in [1.82, 2.24) is 29.4 Å². The van der Waals surface area contributed by atoms with Crippen LogP contribution in [0.2, 0.25) is 0 Å². The third kappa shape index (κ3) is 5.76. The van der Waals surface area contributed by atoms with Crippen LogP contribution in [0.1, 0.15) is 16.1 Å². The topological polar surface area (TPSA) is 198 Å². The van der Waals surface area contributed by atoms with Gasteiger partial charge < -0.3 is 15.4 Å². The summed E-state index contributed by atoms with van der Waals surface area (Å²) in [5.74, 6) is -3.57. The van der Waals surface area contributed by atoms with Gasteiger partial charge in [0, 0.05) is 31.6 Å².